The lowest BCUT2D eigenvalue weighted by Crippen LogP contribution is -2.00. The molecule has 1 N–H and O–H groups in total. The molecule has 2 aliphatic carbocycles. The van der Waals surface area contributed by atoms with E-state index in [2.05, 4.69) is 11.8 Å². The van der Waals surface area contributed by atoms with Crippen molar-refractivity contribution in [2.24, 2.45) is 17.8 Å². The summed E-state index contributed by atoms with van der Waals surface area (Å²) in [4.78, 5) is 10.7. The van der Waals surface area contributed by atoms with Crippen LogP contribution in [0.5, 0.6) is 0 Å². The van der Waals surface area contributed by atoms with Crippen molar-refractivity contribution >= 4 is 5.97 Å². The van der Waals surface area contributed by atoms with Crippen molar-refractivity contribution in [1.29, 1.82) is 0 Å². The lowest BCUT2D eigenvalue weighted by molar-refractivity contribution is -0.139. The quantitative estimate of drug-likeness (QED) is 0.596. The Bertz CT molecular complexity index is 241. The summed E-state index contributed by atoms with van der Waals surface area (Å²) in [6, 6.07) is 0. The van der Waals surface area contributed by atoms with Gasteiger partial charge in [0, 0.05) is 12.8 Å². The Morgan fingerprint density at radius 3 is 2.08 bits per heavy atom. The van der Waals surface area contributed by atoms with Crippen LogP contribution in [0.1, 0.15) is 25.7 Å². The van der Waals surface area contributed by atoms with Crippen molar-refractivity contribution < 1.29 is 9.90 Å². The maximum absolute atomic E-state index is 10.7. The van der Waals surface area contributed by atoms with E-state index in [1.54, 1.807) is 0 Å². The Labute approximate surface area is 72.0 Å². The van der Waals surface area contributed by atoms with Crippen LogP contribution in [0.3, 0.4) is 0 Å². The number of rotatable bonds is 1. The maximum Gasteiger partial charge on any atom is 0.307 e. The summed E-state index contributed by atoms with van der Waals surface area (Å²) in [5, 5.41) is 8.83. The average Bonchev–Trinajstić information content (AvgIpc) is 2.60. The number of hydrogen-bond acceptors (Lipinski definition) is 1. The molecule has 1 saturated carbocycles. The highest BCUT2D eigenvalue weighted by Crippen LogP contribution is 2.52. The summed E-state index contributed by atoms with van der Waals surface area (Å²) in [7, 11) is 0. The predicted octanol–water partition coefficient (Wildman–Crippen LogP) is 1.51. The zero-order valence-electron chi connectivity index (χ0n) is 6.92. The van der Waals surface area contributed by atoms with E-state index in [-0.39, 0.29) is 5.92 Å². The third-order valence-corrected chi connectivity index (χ3v) is 2.95. The van der Waals surface area contributed by atoms with Gasteiger partial charge >= 0.3 is 5.97 Å². The Kier molecular flexibility index (Phi) is 1.80. The van der Waals surface area contributed by atoms with E-state index < -0.39 is 5.97 Å². The van der Waals surface area contributed by atoms with E-state index in [9.17, 15) is 4.79 Å². The van der Waals surface area contributed by atoms with Crippen LogP contribution in [0.15, 0.2) is 0 Å². The van der Waals surface area contributed by atoms with Crippen LogP contribution in [-0.2, 0) is 4.79 Å². The molecule has 0 spiro atoms. The van der Waals surface area contributed by atoms with E-state index in [0.29, 0.717) is 11.8 Å². The van der Waals surface area contributed by atoms with Crippen LogP contribution in [0.25, 0.3) is 0 Å². The molecule has 0 heterocycles. The van der Waals surface area contributed by atoms with E-state index in [4.69, 9.17) is 5.11 Å². The first-order valence-electron chi connectivity index (χ1n) is 4.49. The summed E-state index contributed by atoms with van der Waals surface area (Å²) in [6.07, 6.45) is 3.78. The zero-order chi connectivity index (χ0) is 8.55. The minimum atomic E-state index is -0.605. The molecule has 0 radical (unpaired) electrons. The van der Waals surface area contributed by atoms with E-state index in [1.165, 1.54) is 0 Å². The molecule has 0 bridgehead atoms. The zero-order valence-corrected chi connectivity index (χ0v) is 6.92. The van der Waals surface area contributed by atoms with Crippen LogP contribution >= 0.6 is 0 Å². The topological polar surface area (TPSA) is 37.3 Å². The van der Waals surface area contributed by atoms with Crippen LogP contribution in [0.2, 0.25) is 0 Å². The standard InChI is InChI=1S/C10H12O2/c11-10(12)9-7-5-3-1-2-4-6-8(7)9/h7-9H,3-6H2,(H,11,12). The molecule has 2 unspecified atom stereocenters. The van der Waals surface area contributed by atoms with Crippen molar-refractivity contribution in [2.45, 2.75) is 25.7 Å². The summed E-state index contributed by atoms with van der Waals surface area (Å²) in [5.74, 6) is 6.35. The fourth-order valence-corrected chi connectivity index (χ4v) is 2.25. The van der Waals surface area contributed by atoms with Gasteiger partial charge in [-0.25, -0.2) is 0 Å². The highest BCUT2D eigenvalue weighted by Gasteiger charge is 2.53. The molecule has 2 atom stereocenters. The lowest BCUT2D eigenvalue weighted by atomic mass is 10.1. The minimum absolute atomic E-state index is 0.0494. The van der Waals surface area contributed by atoms with Crippen molar-refractivity contribution in [3.8, 4) is 11.8 Å². The number of fused-ring (bicyclic) bond motifs is 1. The van der Waals surface area contributed by atoms with Crippen molar-refractivity contribution in [3.63, 3.8) is 0 Å². The monoisotopic (exact) mass is 164 g/mol. The Morgan fingerprint density at radius 2 is 1.67 bits per heavy atom. The van der Waals surface area contributed by atoms with E-state index in [1.807, 2.05) is 0 Å². The molecular weight excluding hydrogens is 152 g/mol. The predicted molar refractivity (Wildman–Crippen MR) is 44.3 cm³/mol. The molecule has 2 nitrogen and oxygen atoms in total. The molecular formula is C10H12O2. The van der Waals surface area contributed by atoms with E-state index in [0.717, 1.165) is 25.7 Å². The molecule has 0 saturated heterocycles. The summed E-state index contributed by atoms with van der Waals surface area (Å²) in [6.45, 7) is 0. The van der Waals surface area contributed by atoms with Gasteiger partial charge in [0.25, 0.3) is 0 Å². The van der Waals surface area contributed by atoms with Gasteiger partial charge in [0.2, 0.25) is 0 Å². The molecule has 0 amide bonds. The first-order chi connectivity index (χ1) is 5.80. The number of hydrogen-bond donors (Lipinski definition) is 1. The molecule has 64 valence electrons. The lowest BCUT2D eigenvalue weighted by Gasteiger charge is -1.96. The SMILES string of the molecule is O=C(O)C1C2CCC#CCCC21. The molecule has 0 aliphatic heterocycles. The highest BCUT2D eigenvalue weighted by atomic mass is 16.4. The number of carboxylic acid groups (broad SMARTS) is 1. The molecule has 0 aromatic rings. The number of carbonyl (C=O) groups is 1. The second-order valence-electron chi connectivity index (χ2n) is 3.62. The van der Waals surface area contributed by atoms with Gasteiger partial charge in [-0.1, -0.05) is 0 Å². The second-order valence-corrected chi connectivity index (χ2v) is 3.62. The molecule has 12 heavy (non-hydrogen) atoms. The van der Waals surface area contributed by atoms with Crippen molar-refractivity contribution in [2.75, 3.05) is 0 Å². The molecule has 0 aromatic heterocycles. The van der Waals surface area contributed by atoms with Crippen molar-refractivity contribution in [1.82, 2.24) is 0 Å². The fourth-order valence-electron chi connectivity index (χ4n) is 2.25. The van der Waals surface area contributed by atoms with Crippen molar-refractivity contribution in [3.05, 3.63) is 0 Å². The van der Waals surface area contributed by atoms with Gasteiger partial charge in [0.05, 0.1) is 5.92 Å². The molecule has 2 heteroatoms. The first-order valence-corrected chi connectivity index (χ1v) is 4.49. The Morgan fingerprint density at radius 1 is 1.17 bits per heavy atom. The Balaban J connectivity index is 1.99. The third kappa shape index (κ3) is 1.20. The molecule has 1 fully saturated rings. The smallest absolute Gasteiger partial charge is 0.307 e. The third-order valence-electron chi connectivity index (χ3n) is 2.95. The fraction of sp³-hybridized carbons (Fsp3) is 0.700. The van der Waals surface area contributed by atoms with Gasteiger partial charge in [0.15, 0.2) is 0 Å². The van der Waals surface area contributed by atoms with Crippen LogP contribution < -0.4 is 0 Å². The van der Waals surface area contributed by atoms with Gasteiger partial charge in [-0.3, -0.25) is 4.79 Å². The molecule has 2 aliphatic rings. The normalized spacial score (nSPS) is 38.2. The van der Waals surface area contributed by atoms with Gasteiger partial charge in [-0.05, 0) is 24.7 Å². The highest BCUT2D eigenvalue weighted by molar-refractivity contribution is 5.74. The summed E-state index contributed by atoms with van der Waals surface area (Å²) in [5.41, 5.74) is 0. The maximum atomic E-state index is 10.7. The summed E-state index contributed by atoms with van der Waals surface area (Å²) >= 11 is 0. The Hall–Kier alpha value is -0.970. The second kappa shape index (κ2) is 2.82. The minimum Gasteiger partial charge on any atom is -0.481 e. The van der Waals surface area contributed by atoms with Gasteiger partial charge in [0.1, 0.15) is 0 Å². The van der Waals surface area contributed by atoms with Crippen LogP contribution in [-0.4, -0.2) is 11.1 Å². The van der Waals surface area contributed by atoms with Gasteiger partial charge < -0.3 is 5.11 Å². The first kappa shape index (κ1) is 7.67. The van der Waals surface area contributed by atoms with Gasteiger partial charge in [-0.2, -0.15) is 0 Å². The molecule has 2 rings (SSSR count). The number of carboxylic acids is 1. The molecule has 0 aromatic carbocycles. The van der Waals surface area contributed by atoms with Crippen LogP contribution in [0, 0.1) is 29.6 Å². The van der Waals surface area contributed by atoms with E-state index >= 15 is 0 Å². The average molecular weight is 164 g/mol. The largest absolute Gasteiger partial charge is 0.481 e. The summed E-state index contributed by atoms with van der Waals surface area (Å²) < 4.78 is 0. The number of aliphatic carboxylic acids is 1. The van der Waals surface area contributed by atoms with Gasteiger partial charge in [-0.15, -0.1) is 11.8 Å². The van der Waals surface area contributed by atoms with Crippen LogP contribution in [0.4, 0.5) is 0 Å².